The van der Waals surface area contributed by atoms with Crippen LogP contribution in [0.4, 0.5) is 5.69 Å². The number of hydrogen-bond acceptors (Lipinski definition) is 2. The van der Waals surface area contributed by atoms with Crippen molar-refractivity contribution in [3.8, 4) is 11.1 Å². The normalized spacial score (nSPS) is 13.8. The highest BCUT2D eigenvalue weighted by molar-refractivity contribution is 7.92. The summed E-state index contributed by atoms with van der Waals surface area (Å²) in [5.41, 5.74) is 3.93. The molecule has 3 nitrogen and oxygen atoms in total. The van der Waals surface area contributed by atoms with E-state index in [-0.39, 0.29) is 0 Å². The third kappa shape index (κ3) is 1.91. The van der Waals surface area contributed by atoms with E-state index in [0.717, 1.165) is 22.4 Å². The molecule has 22 heavy (non-hydrogen) atoms. The second kappa shape index (κ2) is 4.58. The number of para-hydroxylation sites is 1. The minimum Gasteiger partial charge on any atom is -0.265 e. The summed E-state index contributed by atoms with van der Waals surface area (Å²) in [5, 5.41) is 2.34. The molecule has 0 saturated heterocycles. The zero-order valence-electron chi connectivity index (χ0n) is 12.2. The average Bonchev–Trinajstić information content (AvgIpc) is 2.52. The van der Waals surface area contributed by atoms with E-state index in [9.17, 15) is 8.42 Å². The Hall–Kier alpha value is -2.33. The highest BCUT2D eigenvalue weighted by Gasteiger charge is 2.28. The van der Waals surface area contributed by atoms with Gasteiger partial charge in [0, 0.05) is 5.56 Å². The third-order valence-corrected chi connectivity index (χ3v) is 5.30. The number of sulfonamides is 1. The quantitative estimate of drug-likeness (QED) is 0.686. The lowest BCUT2D eigenvalue weighted by Gasteiger charge is -2.31. The minimum absolute atomic E-state index is 0.385. The number of anilines is 1. The maximum Gasteiger partial charge on any atom is 0.232 e. The van der Waals surface area contributed by atoms with E-state index in [1.807, 2.05) is 42.5 Å². The molecule has 3 aromatic carbocycles. The van der Waals surface area contributed by atoms with Gasteiger partial charge in [0.1, 0.15) is 0 Å². The Morgan fingerprint density at radius 2 is 1.64 bits per heavy atom. The average molecular weight is 309 g/mol. The van der Waals surface area contributed by atoms with Crippen LogP contribution in [0.1, 0.15) is 5.56 Å². The topological polar surface area (TPSA) is 37.4 Å². The molecular formula is C18H15NO2S. The van der Waals surface area contributed by atoms with Gasteiger partial charge in [0.25, 0.3) is 0 Å². The fraction of sp³-hybridized carbons (Fsp3) is 0.111. The van der Waals surface area contributed by atoms with E-state index in [1.165, 1.54) is 21.3 Å². The Labute approximate surface area is 129 Å². The zero-order valence-corrected chi connectivity index (χ0v) is 13.0. The van der Waals surface area contributed by atoms with Gasteiger partial charge in [-0.2, -0.15) is 0 Å². The van der Waals surface area contributed by atoms with E-state index in [0.29, 0.717) is 6.54 Å². The fourth-order valence-corrected chi connectivity index (χ4v) is 4.09. The lowest BCUT2D eigenvalue weighted by molar-refractivity contribution is 0.596. The molecule has 0 bridgehead atoms. The fourth-order valence-electron chi connectivity index (χ4n) is 3.20. The van der Waals surface area contributed by atoms with Crippen molar-refractivity contribution >= 4 is 26.5 Å². The van der Waals surface area contributed by atoms with Crippen molar-refractivity contribution in [2.24, 2.45) is 0 Å². The van der Waals surface area contributed by atoms with Crippen LogP contribution in [0.3, 0.4) is 0 Å². The van der Waals surface area contributed by atoms with Crippen LogP contribution in [-0.4, -0.2) is 14.7 Å². The maximum atomic E-state index is 12.1. The highest BCUT2D eigenvalue weighted by Crippen LogP contribution is 2.43. The number of benzene rings is 3. The highest BCUT2D eigenvalue weighted by atomic mass is 32.2. The predicted molar refractivity (Wildman–Crippen MR) is 90.4 cm³/mol. The maximum absolute atomic E-state index is 12.1. The van der Waals surface area contributed by atoms with Gasteiger partial charge in [-0.05, 0) is 28.0 Å². The van der Waals surface area contributed by atoms with Crippen molar-refractivity contribution in [1.82, 2.24) is 0 Å². The molecule has 1 heterocycles. The van der Waals surface area contributed by atoms with E-state index in [2.05, 4.69) is 18.2 Å². The Balaban J connectivity index is 2.10. The van der Waals surface area contributed by atoms with Crippen molar-refractivity contribution < 1.29 is 8.42 Å². The van der Waals surface area contributed by atoms with Crippen LogP contribution < -0.4 is 4.31 Å². The summed E-state index contributed by atoms with van der Waals surface area (Å²) in [4.78, 5) is 0. The summed E-state index contributed by atoms with van der Waals surface area (Å²) in [6, 6.07) is 20.0. The van der Waals surface area contributed by atoms with Gasteiger partial charge in [-0.3, -0.25) is 4.31 Å². The molecule has 110 valence electrons. The van der Waals surface area contributed by atoms with Gasteiger partial charge in [-0.25, -0.2) is 8.42 Å². The molecule has 0 amide bonds. The third-order valence-electron chi connectivity index (χ3n) is 4.17. The molecule has 0 unspecified atom stereocenters. The lowest BCUT2D eigenvalue weighted by Crippen LogP contribution is -2.32. The smallest absolute Gasteiger partial charge is 0.232 e. The summed E-state index contributed by atoms with van der Waals surface area (Å²) in [6.07, 6.45) is 1.26. The van der Waals surface area contributed by atoms with Crippen LogP contribution in [0.5, 0.6) is 0 Å². The summed E-state index contributed by atoms with van der Waals surface area (Å²) < 4.78 is 25.8. The van der Waals surface area contributed by atoms with Gasteiger partial charge in [0.2, 0.25) is 10.0 Å². The van der Waals surface area contributed by atoms with Gasteiger partial charge in [0.15, 0.2) is 0 Å². The van der Waals surface area contributed by atoms with Gasteiger partial charge < -0.3 is 0 Å². The molecule has 0 spiro atoms. The first-order valence-electron chi connectivity index (χ1n) is 7.13. The van der Waals surface area contributed by atoms with Crippen molar-refractivity contribution in [2.75, 3.05) is 10.6 Å². The molecule has 3 aromatic rings. The van der Waals surface area contributed by atoms with Crippen molar-refractivity contribution in [3.05, 3.63) is 66.2 Å². The summed E-state index contributed by atoms with van der Waals surface area (Å²) >= 11 is 0. The van der Waals surface area contributed by atoms with Gasteiger partial charge in [-0.1, -0.05) is 54.6 Å². The second-order valence-electron chi connectivity index (χ2n) is 5.61. The van der Waals surface area contributed by atoms with Crippen LogP contribution in [0, 0.1) is 0 Å². The van der Waals surface area contributed by atoms with Gasteiger partial charge >= 0.3 is 0 Å². The van der Waals surface area contributed by atoms with Gasteiger partial charge in [-0.15, -0.1) is 0 Å². The molecule has 0 N–H and O–H groups in total. The minimum atomic E-state index is -3.30. The van der Waals surface area contributed by atoms with Gasteiger partial charge in [0.05, 0.1) is 18.5 Å². The molecule has 0 saturated carbocycles. The van der Waals surface area contributed by atoms with E-state index >= 15 is 0 Å². The van der Waals surface area contributed by atoms with Crippen LogP contribution in [-0.2, 0) is 16.6 Å². The molecular weight excluding hydrogens is 294 g/mol. The number of nitrogens with zero attached hydrogens (tertiary/aromatic N) is 1. The predicted octanol–water partition coefficient (Wildman–Crippen LogP) is 3.79. The Morgan fingerprint density at radius 3 is 2.45 bits per heavy atom. The zero-order chi connectivity index (χ0) is 15.3. The lowest BCUT2D eigenvalue weighted by atomic mass is 9.90. The standard InChI is InChI=1S/C18H15NO2S/c1-22(20,21)19-12-14-11-10-13-6-2-3-7-15(13)18(14)16-8-4-5-9-17(16)19/h2-11H,12H2,1H3. The van der Waals surface area contributed by atoms with Crippen molar-refractivity contribution in [1.29, 1.82) is 0 Å². The molecule has 0 radical (unpaired) electrons. The monoisotopic (exact) mass is 309 g/mol. The molecule has 0 aromatic heterocycles. The molecule has 0 fully saturated rings. The second-order valence-corrected chi connectivity index (χ2v) is 7.51. The Bertz CT molecular complexity index is 993. The summed E-state index contributed by atoms with van der Waals surface area (Å²) in [6.45, 7) is 0.385. The summed E-state index contributed by atoms with van der Waals surface area (Å²) in [7, 11) is -3.30. The van der Waals surface area contributed by atoms with Crippen LogP contribution in [0.25, 0.3) is 21.9 Å². The molecule has 0 atom stereocenters. The van der Waals surface area contributed by atoms with E-state index < -0.39 is 10.0 Å². The van der Waals surface area contributed by atoms with Crippen LogP contribution >= 0.6 is 0 Å². The molecule has 0 aliphatic carbocycles. The summed E-state index contributed by atoms with van der Waals surface area (Å²) in [5.74, 6) is 0. The number of hydrogen-bond donors (Lipinski definition) is 0. The Morgan fingerprint density at radius 1 is 0.909 bits per heavy atom. The molecule has 1 aliphatic heterocycles. The largest absolute Gasteiger partial charge is 0.265 e. The molecule has 4 heteroatoms. The SMILES string of the molecule is CS(=O)(=O)N1Cc2ccc3ccccc3c2-c2ccccc21. The Kier molecular flexibility index (Phi) is 2.78. The van der Waals surface area contributed by atoms with Crippen LogP contribution in [0.2, 0.25) is 0 Å². The molecule has 4 rings (SSSR count). The van der Waals surface area contributed by atoms with E-state index in [4.69, 9.17) is 0 Å². The first-order chi connectivity index (χ1) is 10.6. The van der Waals surface area contributed by atoms with Crippen molar-refractivity contribution in [2.45, 2.75) is 6.54 Å². The molecule has 1 aliphatic rings. The first-order valence-corrected chi connectivity index (χ1v) is 8.98. The first kappa shape index (κ1) is 13.3. The van der Waals surface area contributed by atoms with Crippen LogP contribution in [0.15, 0.2) is 60.7 Å². The number of fused-ring (bicyclic) bond motifs is 5. The number of rotatable bonds is 1. The van der Waals surface area contributed by atoms with E-state index in [1.54, 1.807) is 0 Å². The van der Waals surface area contributed by atoms with Crippen molar-refractivity contribution in [3.63, 3.8) is 0 Å².